The first-order valence-corrected chi connectivity index (χ1v) is 8.50. The second-order valence-electron chi connectivity index (χ2n) is 7.62. The highest BCUT2D eigenvalue weighted by molar-refractivity contribution is 5.78. The van der Waals surface area contributed by atoms with E-state index in [-0.39, 0.29) is 17.2 Å². The minimum Gasteiger partial charge on any atom is -0.355 e. The Bertz CT molecular complexity index is 321. The van der Waals surface area contributed by atoms with E-state index in [1.165, 1.54) is 32.1 Å². The molecule has 1 aliphatic heterocycles. The Kier molecular flexibility index (Phi) is 5.48. The van der Waals surface area contributed by atoms with Gasteiger partial charge in [-0.15, -0.1) is 0 Å². The van der Waals surface area contributed by atoms with Crippen molar-refractivity contribution < 1.29 is 4.79 Å². The molecule has 1 heterocycles. The van der Waals surface area contributed by atoms with Crippen molar-refractivity contribution in [2.75, 3.05) is 13.1 Å². The topological polar surface area (TPSA) is 41.1 Å². The van der Waals surface area contributed by atoms with E-state index in [0.29, 0.717) is 6.04 Å². The predicted molar refractivity (Wildman–Crippen MR) is 83.6 cm³/mol. The molecule has 20 heavy (non-hydrogen) atoms. The Balaban J connectivity index is 1.79. The Morgan fingerprint density at radius 2 is 1.90 bits per heavy atom. The minimum absolute atomic E-state index is 0.216. The van der Waals surface area contributed by atoms with Crippen molar-refractivity contribution >= 4 is 5.91 Å². The molecule has 0 aromatic carbocycles. The molecule has 0 unspecified atom stereocenters. The number of nitrogens with one attached hydrogen (secondary N) is 2. The monoisotopic (exact) mass is 280 g/mol. The summed E-state index contributed by atoms with van der Waals surface area (Å²) in [5.41, 5.74) is 0.245. The van der Waals surface area contributed by atoms with Gasteiger partial charge in [-0.05, 0) is 50.5 Å². The van der Waals surface area contributed by atoms with Gasteiger partial charge in [0, 0.05) is 18.5 Å². The van der Waals surface area contributed by atoms with E-state index in [0.717, 1.165) is 31.8 Å². The maximum atomic E-state index is 12.3. The summed E-state index contributed by atoms with van der Waals surface area (Å²) >= 11 is 0. The third kappa shape index (κ3) is 4.21. The van der Waals surface area contributed by atoms with Crippen molar-refractivity contribution in [2.45, 2.75) is 71.8 Å². The number of carbonyl (C=O) groups is 1. The summed E-state index contributed by atoms with van der Waals surface area (Å²) in [6, 6.07) is 0.478. The van der Waals surface area contributed by atoms with Crippen LogP contribution in [0.25, 0.3) is 0 Å². The molecular formula is C17H32N2O. The van der Waals surface area contributed by atoms with Gasteiger partial charge in [-0.3, -0.25) is 4.79 Å². The normalized spacial score (nSPS) is 29.1. The van der Waals surface area contributed by atoms with Gasteiger partial charge in [-0.25, -0.2) is 0 Å². The lowest BCUT2D eigenvalue weighted by atomic mass is 9.71. The lowest BCUT2D eigenvalue weighted by molar-refractivity contribution is -0.126. The highest BCUT2D eigenvalue weighted by Gasteiger charge is 2.32. The van der Waals surface area contributed by atoms with Crippen molar-refractivity contribution in [2.24, 2.45) is 17.3 Å². The molecule has 3 nitrogen and oxygen atoms in total. The fraction of sp³-hybridized carbons (Fsp3) is 0.941. The third-order valence-corrected chi connectivity index (χ3v) is 5.42. The summed E-state index contributed by atoms with van der Waals surface area (Å²) in [4.78, 5) is 12.3. The van der Waals surface area contributed by atoms with E-state index in [2.05, 4.69) is 31.4 Å². The van der Waals surface area contributed by atoms with Crippen LogP contribution in [0, 0.1) is 17.3 Å². The average Bonchev–Trinajstić information content (AvgIpc) is 2.46. The van der Waals surface area contributed by atoms with Gasteiger partial charge in [0.05, 0.1) is 0 Å². The molecule has 1 aliphatic carbocycles. The van der Waals surface area contributed by atoms with Crippen molar-refractivity contribution in [3.8, 4) is 0 Å². The molecule has 1 saturated heterocycles. The van der Waals surface area contributed by atoms with Crippen LogP contribution in [0.3, 0.4) is 0 Å². The zero-order valence-electron chi connectivity index (χ0n) is 13.5. The summed E-state index contributed by atoms with van der Waals surface area (Å²) in [7, 11) is 0. The third-order valence-electron chi connectivity index (χ3n) is 5.42. The van der Waals surface area contributed by atoms with Gasteiger partial charge >= 0.3 is 0 Å². The van der Waals surface area contributed by atoms with Crippen molar-refractivity contribution in [1.29, 1.82) is 0 Å². The molecule has 116 valence electrons. The fourth-order valence-corrected chi connectivity index (χ4v) is 3.86. The number of rotatable bonds is 4. The van der Waals surface area contributed by atoms with Crippen LogP contribution in [0.4, 0.5) is 0 Å². The molecule has 2 rings (SSSR count). The van der Waals surface area contributed by atoms with Crippen molar-refractivity contribution in [3.05, 3.63) is 0 Å². The molecule has 0 bridgehead atoms. The van der Waals surface area contributed by atoms with Gasteiger partial charge < -0.3 is 10.6 Å². The summed E-state index contributed by atoms with van der Waals surface area (Å²) in [5, 5.41) is 6.65. The van der Waals surface area contributed by atoms with Crippen LogP contribution in [0.15, 0.2) is 0 Å². The molecule has 1 saturated carbocycles. The Morgan fingerprint density at radius 3 is 2.55 bits per heavy atom. The molecule has 2 N–H and O–H groups in total. The van der Waals surface area contributed by atoms with Crippen LogP contribution in [-0.2, 0) is 4.79 Å². The number of hydrogen-bond donors (Lipinski definition) is 2. The molecule has 2 atom stereocenters. The van der Waals surface area contributed by atoms with E-state index in [4.69, 9.17) is 0 Å². The summed E-state index contributed by atoms with van der Waals surface area (Å²) in [6.07, 6.45) is 8.78. The standard InChI is InChI=1S/C17H32N2O/c1-13-11-14(9-10-18-13)16(20)19-12-17(2,3)15-7-5-4-6-8-15/h13-15,18H,4-12H2,1-3H3,(H,19,20)/t13-,14-/m0/s1. The van der Waals surface area contributed by atoms with Crippen LogP contribution >= 0.6 is 0 Å². The van der Waals surface area contributed by atoms with Crippen LogP contribution in [0.5, 0.6) is 0 Å². The maximum absolute atomic E-state index is 12.3. The number of amides is 1. The van der Waals surface area contributed by atoms with E-state index in [1.54, 1.807) is 0 Å². The van der Waals surface area contributed by atoms with Gasteiger partial charge in [0.15, 0.2) is 0 Å². The summed E-state index contributed by atoms with van der Waals surface area (Å²) < 4.78 is 0. The number of hydrogen-bond acceptors (Lipinski definition) is 2. The Morgan fingerprint density at radius 1 is 1.20 bits per heavy atom. The zero-order valence-corrected chi connectivity index (χ0v) is 13.5. The summed E-state index contributed by atoms with van der Waals surface area (Å²) in [5.74, 6) is 1.28. The van der Waals surface area contributed by atoms with Crippen molar-refractivity contribution in [3.63, 3.8) is 0 Å². The first-order valence-electron chi connectivity index (χ1n) is 8.50. The zero-order chi connectivity index (χ0) is 14.6. The molecule has 1 amide bonds. The lowest BCUT2D eigenvalue weighted by Crippen LogP contribution is -2.45. The van der Waals surface area contributed by atoms with Gasteiger partial charge in [-0.2, -0.15) is 0 Å². The van der Waals surface area contributed by atoms with Gasteiger partial charge in [0.2, 0.25) is 5.91 Å². The minimum atomic E-state index is 0.216. The number of carbonyl (C=O) groups excluding carboxylic acids is 1. The van der Waals surface area contributed by atoms with Gasteiger partial charge in [-0.1, -0.05) is 33.1 Å². The van der Waals surface area contributed by atoms with Crippen LogP contribution < -0.4 is 10.6 Å². The van der Waals surface area contributed by atoms with E-state index >= 15 is 0 Å². The molecule has 0 aromatic heterocycles. The van der Waals surface area contributed by atoms with E-state index in [1.807, 2.05) is 0 Å². The molecule has 0 aromatic rings. The average molecular weight is 280 g/mol. The Hall–Kier alpha value is -0.570. The SMILES string of the molecule is C[C@H]1C[C@@H](C(=O)NCC(C)(C)C2CCCCC2)CCN1. The van der Waals surface area contributed by atoms with Crippen LogP contribution in [0.1, 0.15) is 65.7 Å². The lowest BCUT2D eigenvalue weighted by Gasteiger charge is -2.37. The second-order valence-corrected chi connectivity index (χ2v) is 7.62. The van der Waals surface area contributed by atoms with E-state index < -0.39 is 0 Å². The highest BCUT2D eigenvalue weighted by atomic mass is 16.1. The van der Waals surface area contributed by atoms with Crippen LogP contribution in [-0.4, -0.2) is 25.0 Å². The first kappa shape index (κ1) is 15.8. The van der Waals surface area contributed by atoms with Gasteiger partial charge in [0.1, 0.15) is 0 Å². The molecule has 0 spiro atoms. The first-order chi connectivity index (χ1) is 9.49. The Labute approximate surface area is 124 Å². The molecule has 0 radical (unpaired) electrons. The van der Waals surface area contributed by atoms with Gasteiger partial charge in [0.25, 0.3) is 0 Å². The van der Waals surface area contributed by atoms with E-state index in [9.17, 15) is 4.79 Å². The quantitative estimate of drug-likeness (QED) is 0.831. The predicted octanol–water partition coefficient (Wildman–Crippen LogP) is 3.10. The highest BCUT2D eigenvalue weighted by Crippen LogP contribution is 2.37. The van der Waals surface area contributed by atoms with Crippen molar-refractivity contribution in [1.82, 2.24) is 10.6 Å². The molecule has 2 aliphatic rings. The molecule has 2 fully saturated rings. The second kappa shape index (κ2) is 6.93. The van der Waals surface area contributed by atoms with Crippen LogP contribution in [0.2, 0.25) is 0 Å². The summed E-state index contributed by atoms with van der Waals surface area (Å²) in [6.45, 7) is 8.65. The molecule has 3 heteroatoms. The number of piperidine rings is 1. The fourth-order valence-electron chi connectivity index (χ4n) is 3.86. The molecular weight excluding hydrogens is 248 g/mol. The largest absolute Gasteiger partial charge is 0.355 e. The maximum Gasteiger partial charge on any atom is 0.223 e. The smallest absolute Gasteiger partial charge is 0.223 e.